The maximum Gasteiger partial charge on any atom is 0.411 e. The second-order valence-corrected chi connectivity index (χ2v) is 5.46. The van der Waals surface area contributed by atoms with Crippen LogP contribution in [-0.4, -0.2) is 17.7 Å². The lowest BCUT2D eigenvalue weighted by molar-refractivity contribution is -0.126. The molecule has 5 nitrogen and oxygen atoms in total. The van der Waals surface area contributed by atoms with Gasteiger partial charge in [-0.25, -0.2) is 4.79 Å². The van der Waals surface area contributed by atoms with E-state index in [2.05, 4.69) is 5.32 Å². The van der Waals surface area contributed by atoms with Crippen LogP contribution in [0.3, 0.4) is 0 Å². The van der Waals surface area contributed by atoms with Gasteiger partial charge in [0.1, 0.15) is 24.1 Å². The molecule has 0 aliphatic heterocycles. The first-order valence-corrected chi connectivity index (χ1v) is 7.56. The minimum atomic E-state index is -0.760. The molecule has 0 aromatic heterocycles. The van der Waals surface area contributed by atoms with Crippen molar-refractivity contribution in [2.24, 2.45) is 0 Å². The molecule has 0 saturated heterocycles. The van der Waals surface area contributed by atoms with Crippen LogP contribution >= 0.6 is 0 Å². The molecular formula is C19H19NO4. The number of hydrogen-bond donors (Lipinski definition) is 1. The first-order chi connectivity index (χ1) is 11.5. The number of ketones is 2. The summed E-state index contributed by atoms with van der Waals surface area (Å²) in [6.45, 7) is 2.96. The highest BCUT2D eigenvalue weighted by Gasteiger charge is 2.21. The van der Waals surface area contributed by atoms with Gasteiger partial charge in [0.2, 0.25) is 0 Å². The molecule has 124 valence electrons. The van der Waals surface area contributed by atoms with Crippen molar-refractivity contribution < 1.29 is 19.1 Å². The SMILES string of the molecule is CC(=O)C(C(C)=O)c1ccc(NC(=O)OCc2ccccc2)cc1. The number of carbonyl (C=O) groups is 3. The quantitative estimate of drug-likeness (QED) is 0.822. The van der Waals surface area contributed by atoms with Crippen molar-refractivity contribution >= 4 is 23.3 Å². The second kappa shape index (κ2) is 8.06. The normalized spacial score (nSPS) is 10.3. The minimum absolute atomic E-state index is 0.182. The lowest BCUT2D eigenvalue weighted by atomic mass is 9.92. The minimum Gasteiger partial charge on any atom is -0.444 e. The fraction of sp³-hybridized carbons (Fsp3) is 0.211. The van der Waals surface area contributed by atoms with Gasteiger partial charge in [-0.05, 0) is 37.1 Å². The Hall–Kier alpha value is -2.95. The van der Waals surface area contributed by atoms with Gasteiger partial charge in [0.05, 0.1) is 0 Å². The van der Waals surface area contributed by atoms with Crippen molar-refractivity contribution in [3.05, 3.63) is 65.7 Å². The lowest BCUT2D eigenvalue weighted by Crippen LogP contribution is -2.17. The molecule has 2 aromatic rings. The Kier molecular flexibility index (Phi) is 5.84. The molecule has 2 rings (SSSR count). The third-order valence-electron chi connectivity index (χ3n) is 3.52. The van der Waals surface area contributed by atoms with Crippen LogP contribution in [0.2, 0.25) is 0 Å². The Morgan fingerprint density at radius 1 is 0.917 bits per heavy atom. The Labute approximate surface area is 140 Å². The molecular weight excluding hydrogens is 306 g/mol. The zero-order valence-corrected chi connectivity index (χ0v) is 13.6. The number of Topliss-reactive ketones (excluding diaryl/α,β-unsaturated/α-hetero) is 2. The van der Waals surface area contributed by atoms with Crippen LogP contribution in [0.5, 0.6) is 0 Å². The Morgan fingerprint density at radius 3 is 2.04 bits per heavy atom. The van der Waals surface area contributed by atoms with E-state index >= 15 is 0 Å². The highest BCUT2D eigenvalue weighted by Crippen LogP contribution is 2.20. The predicted molar refractivity (Wildman–Crippen MR) is 90.8 cm³/mol. The maximum atomic E-state index is 11.8. The van der Waals surface area contributed by atoms with E-state index in [9.17, 15) is 14.4 Å². The van der Waals surface area contributed by atoms with Gasteiger partial charge in [0.15, 0.2) is 0 Å². The van der Waals surface area contributed by atoms with E-state index in [0.717, 1.165) is 5.56 Å². The lowest BCUT2D eigenvalue weighted by Gasteiger charge is -2.12. The zero-order valence-electron chi connectivity index (χ0n) is 13.6. The van der Waals surface area contributed by atoms with Crippen LogP contribution in [0.4, 0.5) is 10.5 Å². The molecule has 0 atom stereocenters. The van der Waals surface area contributed by atoms with Crippen molar-refractivity contribution in [3.8, 4) is 0 Å². The third kappa shape index (κ3) is 4.78. The molecule has 0 aliphatic carbocycles. The van der Waals surface area contributed by atoms with Crippen molar-refractivity contribution in [1.29, 1.82) is 0 Å². The summed E-state index contributed by atoms with van der Waals surface area (Å²) in [4.78, 5) is 34.9. The summed E-state index contributed by atoms with van der Waals surface area (Å²) >= 11 is 0. The summed E-state index contributed by atoms with van der Waals surface area (Å²) in [6, 6.07) is 15.9. The van der Waals surface area contributed by atoms with Gasteiger partial charge in [-0.3, -0.25) is 14.9 Å². The summed E-state index contributed by atoms with van der Waals surface area (Å²) in [7, 11) is 0. The molecule has 2 aromatic carbocycles. The Balaban J connectivity index is 1.94. The van der Waals surface area contributed by atoms with E-state index in [0.29, 0.717) is 11.3 Å². The fourth-order valence-corrected chi connectivity index (χ4v) is 2.39. The van der Waals surface area contributed by atoms with E-state index in [1.807, 2.05) is 30.3 Å². The van der Waals surface area contributed by atoms with E-state index < -0.39 is 12.0 Å². The van der Waals surface area contributed by atoms with E-state index in [1.165, 1.54) is 13.8 Å². The van der Waals surface area contributed by atoms with E-state index in [1.54, 1.807) is 24.3 Å². The van der Waals surface area contributed by atoms with Gasteiger partial charge in [0, 0.05) is 5.69 Å². The van der Waals surface area contributed by atoms with Gasteiger partial charge in [-0.2, -0.15) is 0 Å². The average molecular weight is 325 g/mol. The van der Waals surface area contributed by atoms with Crippen LogP contribution < -0.4 is 5.32 Å². The number of amides is 1. The van der Waals surface area contributed by atoms with Gasteiger partial charge < -0.3 is 4.74 Å². The molecule has 0 saturated carbocycles. The number of hydrogen-bond acceptors (Lipinski definition) is 4. The topological polar surface area (TPSA) is 72.5 Å². The number of anilines is 1. The number of rotatable bonds is 6. The molecule has 0 radical (unpaired) electrons. The molecule has 1 N–H and O–H groups in total. The molecule has 0 aliphatic rings. The van der Waals surface area contributed by atoms with Crippen molar-refractivity contribution in [2.45, 2.75) is 26.4 Å². The number of ether oxygens (including phenoxy) is 1. The molecule has 0 bridgehead atoms. The monoisotopic (exact) mass is 325 g/mol. The Morgan fingerprint density at radius 2 is 1.50 bits per heavy atom. The molecule has 0 spiro atoms. The second-order valence-electron chi connectivity index (χ2n) is 5.46. The largest absolute Gasteiger partial charge is 0.444 e. The first kappa shape index (κ1) is 17.4. The smallest absolute Gasteiger partial charge is 0.411 e. The zero-order chi connectivity index (χ0) is 17.5. The standard InChI is InChI=1S/C19H19NO4/c1-13(21)18(14(2)22)16-8-10-17(11-9-16)20-19(23)24-12-15-6-4-3-5-7-15/h3-11,18H,12H2,1-2H3,(H,20,23). The number of nitrogens with one attached hydrogen (secondary N) is 1. The molecule has 0 unspecified atom stereocenters. The summed E-state index contributed by atoms with van der Waals surface area (Å²) in [5.41, 5.74) is 2.04. The van der Waals surface area contributed by atoms with Crippen molar-refractivity contribution in [2.75, 3.05) is 5.32 Å². The van der Waals surface area contributed by atoms with Gasteiger partial charge >= 0.3 is 6.09 Å². The predicted octanol–water partition coefficient (Wildman–Crippen LogP) is 3.70. The maximum absolute atomic E-state index is 11.8. The summed E-state index contributed by atoms with van der Waals surface area (Å²) in [5, 5.41) is 2.61. The number of carbonyl (C=O) groups excluding carboxylic acids is 3. The third-order valence-corrected chi connectivity index (χ3v) is 3.52. The first-order valence-electron chi connectivity index (χ1n) is 7.56. The molecule has 1 amide bonds. The average Bonchev–Trinajstić information content (AvgIpc) is 2.55. The molecule has 24 heavy (non-hydrogen) atoms. The van der Waals surface area contributed by atoms with Crippen LogP contribution in [0, 0.1) is 0 Å². The van der Waals surface area contributed by atoms with E-state index in [4.69, 9.17) is 4.74 Å². The highest BCUT2D eigenvalue weighted by atomic mass is 16.5. The van der Waals surface area contributed by atoms with Crippen LogP contribution in [0.25, 0.3) is 0 Å². The summed E-state index contributed by atoms with van der Waals surface area (Å²) in [5.74, 6) is -1.17. The molecule has 0 heterocycles. The van der Waals surface area contributed by atoms with Gasteiger partial charge in [-0.1, -0.05) is 42.5 Å². The summed E-state index contributed by atoms with van der Waals surface area (Å²) < 4.78 is 5.13. The Bertz CT molecular complexity index is 709. The fourth-order valence-electron chi connectivity index (χ4n) is 2.39. The van der Waals surface area contributed by atoms with Gasteiger partial charge in [-0.15, -0.1) is 0 Å². The summed E-state index contributed by atoms with van der Waals surface area (Å²) in [6.07, 6.45) is -0.568. The van der Waals surface area contributed by atoms with E-state index in [-0.39, 0.29) is 18.2 Å². The van der Waals surface area contributed by atoms with Crippen molar-refractivity contribution in [1.82, 2.24) is 0 Å². The molecule has 0 fully saturated rings. The van der Waals surface area contributed by atoms with Crippen LogP contribution in [0.15, 0.2) is 54.6 Å². The van der Waals surface area contributed by atoms with Crippen LogP contribution in [-0.2, 0) is 20.9 Å². The van der Waals surface area contributed by atoms with Crippen LogP contribution in [0.1, 0.15) is 30.9 Å². The highest BCUT2D eigenvalue weighted by molar-refractivity contribution is 6.05. The van der Waals surface area contributed by atoms with Crippen molar-refractivity contribution in [3.63, 3.8) is 0 Å². The number of benzene rings is 2. The molecule has 5 heteroatoms. The van der Waals surface area contributed by atoms with Gasteiger partial charge in [0.25, 0.3) is 0 Å².